The van der Waals surface area contributed by atoms with E-state index in [0.717, 1.165) is 48.6 Å². The Morgan fingerprint density at radius 3 is 2.88 bits per heavy atom. The Kier molecular flexibility index (Phi) is 6.96. The van der Waals surface area contributed by atoms with E-state index < -0.39 is 17.9 Å². The quantitative estimate of drug-likeness (QED) is 0.427. The lowest BCUT2D eigenvalue weighted by Crippen LogP contribution is -2.28. The van der Waals surface area contributed by atoms with Crippen molar-refractivity contribution in [2.24, 2.45) is 10.7 Å². The van der Waals surface area contributed by atoms with Crippen LogP contribution in [0.15, 0.2) is 23.2 Å². The van der Waals surface area contributed by atoms with Gasteiger partial charge in [0.15, 0.2) is 0 Å². The predicted molar refractivity (Wildman–Crippen MR) is 99.2 cm³/mol. The van der Waals surface area contributed by atoms with Crippen LogP contribution in [0.1, 0.15) is 43.7 Å². The molecule has 0 aromatic heterocycles. The molecule has 0 saturated carbocycles. The number of carbonyl (C=O) groups is 1. The number of unbranched alkanes of at least 4 members (excludes halogenated alkanes) is 1. The minimum absolute atomic E-state index is 0.459. The van der Waals surface area contributed by atoms with Crippen LogP contribution in [0, 0.1) is 0 Å². The summed E-state index contributed by atoms with van der Waals surface area (Å²) in [6.07, 6.45) is 1.94. The molecular formula is C19H29N3O3. The first-order chi connectivity index (χ1) is 11.9. The van der Waals surface area contributed by atoms with Crippen LogP contribution < -0.4 is 5.73 Å². The molecular weight excluding hydrogens is 318 g/mol. The van der Waals surface area contributed by atoms with Crippen LogP contribution in [0.2, 0.25) is 0 Å². The van der Waals surface area contributed by atoms with Crippen LogP contribution in [-0.4, -0.2) is 54.7 Å². The zero-order valence-electron chi connectivity index (χ0n) is 15.4. The molecule has 1 aliphatic rings. The summed E-state index contributed by atoms with van der Waals surface area (Å²) in [7, 11) is 1.98. The lowest BCUT2D eigenvalue weighted by atomic mass is 9.99. The molecule has 1 aliphatic carbocycles. The largest absolute Gasteiger partial charge is 0.392 e. The second-order valence-electron chi connectivity index (χ2n) is 6.58. The number of rotatable bonds is 8. The van der Waals surface area contributed by atoms with Crippen LogP contribution >= 0.6 is 0 Å². The molecule has 0 aliphatic heterocycles. The molecule has 0 heterocycles. The number of nitrogens with two attached hydrogens (primary N) is 1. The molecule has 2 atom stereocenters. The van der Waals surface area contributed by atoms with E-state index in [2.05, 4.69) is 11.9 Å². The van der Waals surface area contributed by atoms with Crippen LogP contribution in [-0.2, 0) is 16.0 Å². The van der Waals surface area contributed by atoms with Gasteiger partial charge in [0.25, 0.3) is 0 Å². The zero-order valence-corrected chi connectivity index (χ0v) is 15.4. The van der Waals surface area contributed by atoms with Gasteiger partial charge in [-0.2, -0.15) is 0 Å². The molecule has 0 bridgehead atoms. The minimum atomic E-state index is -0.740. The standard InChI is InChI=1S/C19H29N3O3/c1-4-5-9-25-10-8-22(3)13(2)21-15-7-6-14-11-17(23)18(19(20)24)16(14)12-15/h6-7,12,17-18,23H,4-5,8-11H2,1-3H3,(H2,20,24). The Bertz CT molecular complexity index is 630. The van der Waals surface area contributed by atoms with Gasteiger partial charge in [-0.05, 0) is 43.0 Å². The highest BCUT2D eigenvalue weighted by Gasteiger charge is 2.35. The Hall–Kier alpha value is -1.92. The van der Waals surface area contributed by atoms with E-state index >= 15 is 0 Å². The number of hydrogen-bond donors (Lipinski definition) is 2. The van der Waals surface area contributed by atoms with E-state index in [1.165, 1.54) is 0 Å². The maximum Gasteiger partial charge on any atom is 0.227 e. The Labute approximate surface area is 149 Å². The SMILES string of the molecule is CCCCOCCN(C)C(C)=Nc1ccc2c(c1)C(C(N)=O)C(O)C2. The first kappa shape index (κ1) is 19.4. The van der Waals surface area contributed by atoms with Crippen molar-refractivity contribution in [2.75, 3.05) is 26.8 Å². The van der Waals surface area contributed by atoms with Gasteiger partial charge in [-0.25, -0.2) is 4.99 Å². The summed E-state index contributed by atoms with van der Waals surface area (Å²) in [5.74, 6) is -0.270. The lowest BCUT2D eigenvalue weighted by molar-refractivity contribution is -0.121. The number of ether oxygens (including phenoxy) is 1. The van der Waals surface area contributed by atoms with Gasteiger partial charge < -0.3 is 20.5 Å². The molecule has 2 unspecified atom stereocenters. The zero-order chi connectivity index (χ0) is 18.4. The van der Waals surface area contributed by atoms with Gasteiger partial charge in [0, 0.05) is 20.2 Å². The van der Waals surface area contributed by atoms with Crippen LogP contribution in [0.25, 0.3) is 0 Å². The lowest BCUT2D eigenvalue weighted by Gasteiger charge is -2.19. The van der Waals surface area contributed by atoms with Gasteiger partial charge >= 0.3 is 0 Å². The number of aliphatic hydroxyl groups is 1. The number of likely N-dealkylation sites (N-methyl/N-ethyl adjacent to an activating group) is 1. The highest BCUT2D eigenvalue weighted by Crippen LogP contribution is 2.35. The van der Waals surface area contributed by atoms with Gasteiger partial charge in [0.2, 0.25) is 5.91 Å². The highest BCUT2D eigenvalue weighted by molar-refractivity contribution is 5.85. The molecule has 138 valence electrons. The van der Waals surface area contributed by atoms with E-state index in [9.17, 15) is 9.90 Å². The Morgan fingerprint density at radius 1 is 1.44 bits per heavy atom. The fraction of sp³-hybridized carbons (Fsp3) is 0.579. The topological polar surface area (TPSA) is 88.1 Å². The summed E-state index contributed by atoms with van der Waals surface area (Å²) in [6, 6.07) is 5.68. The van der Waals surface area contributed by atoms with Crippen LogP contribution in [0.3, 0.4) is 0 Å². The van der Waals surface area contributed by atoms with Gasteiger partial charge in [-0.1, -0.05) is 19.4 Å². The molecule has 0 spiro atoms. The molecule has 1 aromatic carbocycles. The number of aliphatic imine (C=N–C) groups is 1. The van der Waals surface area contributed by atoms with Crippen molar-refractivity contribution >= 4 is 17.4 Å². The number of aliphatic hydroxyl groups excluding tert-OH is 1. The second-order valence-corrected chi connectivity index (χ2v) is 6.58. The molecule has 0 fully saturated rings. The summed E-state index contributed by atoms with van der Waals surface area (Å²) in [5, 5.41) is 10.0. The van der Waals surface area contributed by atoms with Crippen molar-refractivity contribution in [1.82, 2.24) is 4.90 Å². The molecule has 2 rings (SSSR count). The molecule has 0 saturated heterocycles. The summed E-state index contributed by atoms with van der Waals surface area (Å²) < 4.78 is 5.58. The van der Waals surface area contributed by atoms with E-state index in [1.807, 2.05) is 37.1 Å². The van der Waals surface area contributed by atoms with Gasteiger partial charge in [0.1, 0.15) is 5.84 Å². The number of primary amides is 1. The molecule has 1 aromatic rings. The Morgan fingerprint density at radius 2 is 2.20 bits per heavy atom. The van der Waals surface area contributed by atoms with Gasteiger partial charge in [0.05, 0.1) is 24.3 Å². The normalized spacial score (nSPS) is 19.8. The number of carbonyl (C=O) groups excluding carboxylic acids is 1. The van der Waals surface area contributed by atoms with Crippen molar-refractivity contribution in [3.63, 3.8) is 0 Å². The number of hydrogen-bond acceptors (Lipinski definition) is 4. The summed E-state index contributed by atoms with van der Waals surface area (Å²) in [5.41, 5.74) is 7.95. The molecule has 0 radical (unpaired) electrons. The van der Waals surface area contributed by atoms with E-state index in [4.69, 9.17) is 10.5 Å². The monoisotopic (exact) mass is 347 g/mol. The third-order valence-electron chi connectivity index (χ3n) is 4.64. The van der Waals surface area contributed by atoms with E-state index in [-0.39, 0.29) is 0 Å². The van der Waals surface area contributed by atoms with Crippen molar-refractivity contribution in [2.45, 2.75) is 45.1 Å². The Balaban J connectivity index is 2.02. The maximum atomic E-state index is 11.6. The average Bonchev–Trinajstić information content (AvgIpc) is 2.89. The van der Waals surface area contributed by atoms with Gasteiger partial charge in [-0.3, -0.25) is 4.79 Å². The first-order valence-electron chi connectivity index (χ1n) is 8.88. The predicted octanol–water partition coefficient (Wildman–Crippen LogP) is 1.97. The van der Waals surface area contributed by atoms with Crippen LogP contribution in [0.5, 0.6) is 0 Å². The van der Waals surface area contributed by atoms with E-state index in [1.54, 1.807) is 0 Å². The molecule has 1 amide bonds. The fourth-order valence-electron chi connectivity index (χ4n) is 3.00. The van der Waals surface area contributed by atoms with Gasteiger partial charge in [-0.15, -0.1) is 0 Å². The first-order valence-corrected chi connectivity index (χ1v) is 8.88. The van der Waals surface area contributed by atoms with Crippen LogP contribution in [0.4, 0.5) is 5.69 Å². The number of benzene rings is 1. The molecule has 3 N–H and O–H groups in total. The average molecular weight is 347 g/mol. The third-order valence-corrected chi connectivity index (χ3v) is 4.64. The summed E-state index contributed by atoms with van der Waals surface area (Å²) >= 11 is 0. The number of amidine groups is 1. The smallest absolute Gasteiger partial charge is 0.227 e. The number of nitrogens with zero attached hydrogens (tertiary/aromatic N) is 2. The fourth-order valence-corrected chi connectivity index (χ4v) is 3.00. The molecule has 6 nitrogen and oxygen atoms in total. The summed E-state index contributed by atoms with van der Waals surface area (Å²) in [4.78, 5) is 18.3. The van der Waals surface area contributed by atoms with Crippen molar-refractivity contribution in [3.8, 4) is 0 Å². The summed E-state index contributed by atoms with van der Waals surface area (Å²) in [6.45, 7) is 6.32. The van der Waals surface area contributed by atoms with Crippen molar-refractivity contribution in [1.29, 1.82) is 0 Å². The number of amides is 1. The third kappa shape index (κ3) is 5.03. The van der Waals surface area contributed by atoms with E-state index in [0.29, 0.717) is 13.0 Å². The highest BCUT2D eigenvalue weighted by atomic mass is 16.5. The van der Waals surface area contributed by atoms with Crippen molar-refractivity contribution in [3.05, 3.63) is 29.3 Å². The minimum Gasteiger partial charge on any atom is -0.392 e. The van der Waals surface area contributed by atoms with Crippen molar-refractivity contribution < 1.29 is 14.6 Å². The molecule has 25 heavy (non-hydrogen) atoms. The number of fused-ring (bicyclic) bond motifs is 1. The molecule has 6 heteroatoms. The second kappa shape index (κ2) is 8.97. The maximum absolute atomic E-state index is 11.6.